The molecular formula is C21H21IN4. The zero-order chi connectivity index (χ0) is 17.1. The van der Waals surface area contributed by atoms with Crippen LogP contribution in [0.1, 0.15) is 0 Å². The molecule has 0 amide bonds. The molecule has 132 valence electrons. The van der Waals surface area contributed by atoms with E-state index in [0.29, 0.717) is 0 Å². The molecule has 1 N–H and O–H groups in total. The van der Waals surface area contributed by atoms with Crippen molar-refractivity contribution in [2.45, 2.75) is 0 Å². The summed E-state index contributed by atoms with van der Waals surface area (Å²) in [6, 6.07) is 31.2. The molecule has 0 atom stereocenters. The lowest BCUT2D eigenvalue weighted by atomic mass is 10.3. The molecule has 4 nitrogen and oxygen atoms in total. The molecule has 1 aliphatic heterocycles. The third kappa shape index (κ3) is 3.67. The fourth-order valence-corrected chi connectivity index (χ4v) is 3.02. The Hall–Kier alpha value is -2.54. The topological polar surface area (TPSA) is 21.5 Å². The molecule has 3 aromatic rings. The molecule has 0 radical (unpaired) electrons. The summed E-state index contributed by atoms with van der Waals surface area (Å²) < 4.78 is 2.18. The van der Waals surface area contributed by atoms with Gasteiger partial charge in [-0.15, -0.1) is 0 Å². The van der Waals surface area contributed by atoms with Gasteiger partial charge in [0.1, 0.15) is 11.4 Å². The maximum absolute atomic E-state index is 3.56. The predicted molar refractivity (Wildman–Crippen MR) is 103 cm³/mol. The average molecular weight is 456 g/mol. The summed E-state index contributed by atoms with van der Waals surface area (Å²) in [6.07, 6.45) is 0. The minimum absolute atomic E-state index is 0. The number of rotatable bonds is 3. The number of halogens is 1. The highest BCUT2D eigenvalue weighted by atomic mass is 127. The van der Waals surface area contributed by atoms with Crippen LogP contribution < -0.4 is 39.3 Å². The molecule has 4 rings (SSSR count). The van der Waals surface area contributed by atoms with Crippen LogP contribution in [0.25, 0.3) is 0 Å². The summed E-state index contributed by atoms with van der Waals surface area (Å²) in [5, 5.41) is 2.15. The van der Waals surface area contributed by atoms with Crippen LogP contribution in [0.3, 0.4) is 0 Å². The Morgan fingerprint density at radius 3 is 1.81 bits per heavy atom. The number of hydrogen-bond acceptors (Lipinski definition) is 1. The summed E-state index contributed by atoms with van der Waals surface area (Å²) in [6.45, 7) is 0.737. The third-order valence-corrected chi connectivity index (χ3v) is 4.37. The van der Waals surface area contributed by atoms with Crippen molar-refractivity contribution in [1.29, 1.82) is 0 Å². The molecule has 0 aliphatic carbocycles. The molecule has 0 unspecified atom stereocenters. The SMILES string of the molecule is C[N+](=C1NN(c2ccccc2)CN1c1ccccc1)c1ccccc1.[I-]. The highest BCUT2D eigenvalue weighted by Crippen LogP contribution is 2.23. The highest BCUT2D eigenvalue weighted by Gasteiger charge is 2.36. The zero-order valence-electron chi connectivity index (χ0n) is 14.6. The Balaban J connectivity index is 0.00000196. The lowest BCUT2D eigenvalue weighted by Crippen LogP contribution is -3.00. The molecule has 1 heterocycles. The molecule has 26 heavy (non-hydrogen) atoms. The normalized spacial score (nSPS) is 15.3. The predicted octanol–water partition coefficient (Wildman–Crippen LogP) is 0.809. The molecule has 3 aromatic carbocycles. The van der Waals surface area contributed by atoms with Gasteiger partial charge in [-0.25, -0.2) is 14.5 Å². The van der Waals surface area contributed by atoms with Gasteiger partial charge in [-0.1, -0.05) is 54.6 Å². The van der Waals surface area contributed by atoms with Gasteiger partial charge in [0.2, 0.25) is 0 Å². The van der Waals surface area contributed by atoms with Crippen LogP contribution in [0.5, 0.6) is 0 Å². The molecule has 5 heteroatoms. The third-order valence-electron chi connectivity index (χ3n) is 4.37. The quantitative estimate of drug-likeness (QED) is 0.466. The molecule has 0 bridgehead atoms. The van der Waals surface area contributed by atoms with Gasteiger partial charge < -0.3 is 24.0 Å². The Kier molecular flexibility index (Phi) is 5.78. The van der Waals surface area contributed by atoms with E-state index in [1.165, 1.54) is 0 Å². The molecule has 1 aliphatic rings. The van der Waals surface area contributed by atoms with Crippen LogP contribution in [-0.4, -0.2) is 24.3 Å². The second-order valence-corrected chi connectivity index (χ2v) is 6.00. The monoisotopic (exact) mass is 456 g/mol. The van der Waals surface area contributed by atoms with Gasteiger partial charge in [0.25, 0.3) is 0 Å². The minimum Gasteiger partial charge on any atom is -1.00 e. The molecular weight excluding hydrogens is 435 g/mol. The molecule has 0 spiro atoms. The average Bonchev–Trinajstić information content (AvgIpc) is 3.15. The van der Waals surface area contributed by atoms with E-state index in [4.69, 9.17) is 0 Å². The molecule has 0 aromatic heterocycles. The Bertz CT molecular complexity index is 866. The number of nitrogens with one attached hydrogen (secondary N) is 1. The highest BCUT2D eigenvalue weighted by molar-refractivity contribution is 5.97. The second-order valence-electron chi connectivity index (χ2n) is 6.00. The first-order valence-electron chi connectivity index (χ1n) is 8.40. The van der Waals surface area contributed by atoms with Gasteiger partial charge in [-0.05, 0) is 36.4 Å². The van der Waals surface area contributed by atoms with Crippen LogP contribution in [0.2, 0.25) is 0 Å². The van der Waals surface area contributed by atoms with Gasteiger partial charge in [0, 0.05) is 0 Å². The first-order valence-corrected chi connectivity index (χ1v) is 8.40. The van der Waals surface area contributed by atoms with Crippen molar-refractivity contribution >= 4 is 23.0 Å². The lowest BCUT2D eigenvalue weighted by Gasteiger charge is -2.13. The van der Waals surface area contributed by atoms with Gasteiger partial charge in [0.15, 0.2) is 6.67 Å². The van der Waals surface area contributed by atoms with Crippen molar-refractivity contribution in [3.63, 3.8) is 0 Å². The first kappa shape index (κ1) is 18.3. The summed E-state index contributed by atoms with van der Waals surface area (Å²) in [4.78, 5) is 2.28. The van der Waals surface area contributed by atoms with E-state index in [-0.39, 0.29) is 24.0 Å². The molecule has 1 saturated heterocycles. The number of para-hydroxylation sites is 3. The van der Waals surface area contributed by atoms with Crippen LogP contribution >= 0.6 is 0 Å². The fraction of sp³-hybridized carbons (Fsp3) is 0.0952. The van der Waals surface area contributed by atoms with Gasteiger partial charge in [-0.3, -0.25) is 0 Å². The number of nitrogens with zero attached hydrogens (tertiary/aromatic N) is 3. The molecule has 1 fully saturated rings. The summed E-state index contributed by atoms with van der Waals surface area (Å²) in [5.41, 5.74) is 6.99. The smallest absolute Gasteiger partial charge is 0.381 e. The van der Waals surface area contributed by atoms with Crippen molar-refractivity contribution in [3.8, 4) is 0 Å². The Morgan fingerprint density at radius 2 is 1.23 bits per heavy atom. The molecule has 0 saturated carbocycles. The van der Waals surface area contributed by atoms with E-state index in [1.54, 1.807) is 0 Å². The Morgan fingerprint density at radius 1 is 0.731 bits per heavy atom. The van der Waals surface area contributed by atoms with E-state index in [2.05, 4.69) is 99.8 Å². The van der Waals surface area contributed by atoms with Crippen LogP contribution in [0.4, 0.5) is 17.1 Å². The number of benzene rings is 3. The van der Waals surface area contributed by atoms with Crippen molar-refractivity contribution in [1.82, 2.24) is 5.43 Å². The van der Waals surface area contributed by atoms with Gasteiger partial charge >= 0.3 is 5.96 Å². The number of hydrazine groups is 1. The summed E-state index contributed by atoms with van der Waals surface area (Å²) in [7, 11) is 2.09. The first-order chi connectivity index (χ1) is 12.3. The summed E-state index contributed by atoms with van der Waals surface area (Å²) in [5.74, 6) is 1.03. The fourth-order valence-electron chi connectivity index (χ4n) is 3.02. The van der Waals surface area contributed by atoms with Gasteiger partial charge in [0.05, 0.1) is 12.7 Å². The van der Waals surface area contributed by atoms with E-state index in [9.17, 15) is 0 Å². The second kappa shape index (κ2) is 8.23. The maximum atomic E-state index is 3.56. The van der Waals surface area contributed by atoms with E-state index >= 15 is 0 Å². The maximum Gasteiger partial charge on any atom is 0.381 e. The van der Waals surface area contributed by atoms with E-state index in [0.717, 1.165) is 29.7 Å². The zero-order valence-corrected chi connectivity index (χ0v) is 16.7. The van der Waals surface area contributed by atoms with Crippen molar-refractivity contribution < 1.29 is 28.6 Å². The number of guanidine groups is 1. The van der Waals surface area contributed by atoms with E-state index < -0.39 is 0 Å². The van der Waals surface area contributed by atoms with Gasteiger partial charge in [-0.2, -0.15) is 5.43 Å². The van der Waals surface area contributed by atoms with E-state index in [1.807, 2.05) is 18.2 Å². The van der Waals surface area contributed by atoms with Crippen LogP contribution in [0, 0.1) is 0 Å². The number of anilines is 2. The standard InChI is InChI=1S/C21H20N4.HI/c1-23(18-11-5-2-6-12-18)21-22-25(20-15-9-4-10-16-20)17-24(21)19-13-7-3-8-14-19;/h2-16H,17H2,1H3;1H. The van der Waals surface area contributed by atoms with Crippen molar-refractivity contribution in [3.05, 3.63) is 91.0 Å². The lowest BCUT2D eigenvalue weighted by molar-refractivity contribution is -0.408. The summed E-state index contributed by atoms with van der Waals surface area (Å²) >= 11 is 0. The van der Waals surface area contributed by atoms with Crippen LogP contribution in [-0.2, 0) is 0 Å². The Labute approximate surface area is 171 Å². The largest absolute Gasteiger partial charge is 1.00 e. The van der Waals surface area contributed by atoms with Crippen LogP contribution in [0.15, 0.2) is 91.0 Å². The van der Waals surface area contributed by atoms with Crippen molar-refractivity contribution in [2.75, 3.05) is 23.6 Å². The number of hydrogen-bond donors (Lipinski definition) is 1. The minimum atomic E-state index is 0. The van der Waals surface area contributed by atoms with Crippen molar-refractivity contribution in [2.24, 2.45) is 0 Å².